The Morgan fingerprint density at radius 3 is 2.48 bits per heavy atom. The molecule has 0 aromatic heterocycles. The number of carbonyl (C=O) groups excluding carboxylic acids is 1. The standard InChI is InChI=1S/C18H15ClF3NO2/c19-14-7-4-8-15(11-14)25-10-9-23-17(24)12-16(18(20,21)22)13-5-2-1-3-6-13/h1-8,11-12H,9-10H2,(H,23,24)/b16-12+. The highest BCUT2D eigenvalue weighted by Gasteiger charge is 2.35. The van der Waals surface area contributed by atoms with Crippen molar-refractivity contribution in [3.63, 3.8) is 0 Å². The van der Waals surface area contributed by atoms with Crippen molar-refractivity contribution in [3.05, 3.63) is 71.3 Å². The Labute approximate surface area is 148 Å². The van der Waals surface area contributed by atoms with Crippen LogP contribution in [0.15, 0.2) is 60.7 Å². The number of rotatable bonds is 6. The molecule has 3 nitrogen and oxygen atoms in total. The predicted molar refractivity (Wildman–Crippen MR) is 90.4 cm³/mol. The number of hydrogen-bond acceptors (Lipinski definition) is 2. The molecule has 0 saturated heterocycles. The van der Waals surface area contributed by atoms with Gasteiger partial charge in [0.05, 0.1) is 12.1 Å². The molecule has 0 bridgehead atoms. The minimum Gasteiger partial charge on any atom is -0.492 e. The highest BCUT2D eigenvalue weighted by Crippen LogP contribution is 2.33. The lowest BCUT2D eigenvalue weighted by Crippen LogP contribution is -2.27. The first-order chi connectivity index (χ1) is 11.9. The molecular formula is C18H15ClF3NO2. The fourth-order valence-corrected chi connectivity index (χ4v) is 2.21. The highest BCUT2D eigenvalue weighted by atomic mass is 35.5. The molecule has 0 aliphatic carbocycles. The molecule has 2 aromatic rings. The molecule has 0 heterocycles. The monoisotopic (exact) mass is 369 g/mol. The van der Waals surface area contributed by atoms with Crippen LogP contribution in [0.5, 0.6) is 5.75 Å². The number of benzene rings is 2. The van der Waals surface area contributed by atoms with Gasteiger partial charge in [-0.25, -0.2) is 0 Å². The van der Waals surface area contributed by atoms with Crippen molar-refractivity contribution in [1.82, 2.24) is 5.32 Å². The zero-order valence-electron chi connectivity index (χ0n) is 13.0. The van der Waals surface area contributed by atoms with E-state index < -0.39 is 17.7 Å². The maximum atomic E-state index is 13.1. The normalized spacial score (nSPS) is 11.9. The van der Waals surface area contributed by atoms with E-state index in [9.17, 15) is 18.0 Å². The third-order valence-corrected chi connectivity index (χ3v) is 3.37. The van der Waals surface area contributed by atoms with E-state index in [1.165, 1.54) is 24.3 Å². The summed E-state index contributed by atoms with van der Waals surface area (Å²) in [4.78, 5) is 11.8. The molecule has 0 unspecified atom stereocenters. The first-order valence-electron chi connectivity index (χ1n) is 7.37. The van der Waals surface area contributed by atoms with Crippen LogP contribution < -0.4 is 10.1 Å². The van der Waals surface area contributed by atoms with E-state index in [0.717, 1.165) is 0 Å². The molecule has 0 aliphatic rings. The van der Waals surface area contributed by atoms with Gasteiger partial charge in [0, 0.05) is 11.1 Å². The highest BCUT2D eigenvalue weighted by molar-refractivity contribution is 6.30. The molecule has 1 N–H and O–H groups in total. The predicted octanol–water partition coefficient (Wildman–Crippen LogP) is 4.48. The van der Waals surface area contributed by atoms with Gasteiger partial charge in [-0.2, -0.15) is 13.2 Å². The number of carbonyl (C=O) groups is 1. The lowest BCUT2D eigenvalue weighted by atomic mass is 10.1. The van der Waals surface area contributed by atoms with Crippen LogP contribution in [0.3, 0.4) is 0 Å². The minimum absolute atomic E-state index is 0.0573. The third-order valence-electron chi connectivity index (χ3n) is 3.13. The Balaban J connectivity index is 1.93. The van der Waals surface area contributed by atoms with Gasteiger partial charge in [0.25, 0.3) is 0 Å². The van der Waals surface area contributed by atoms with Crippen molar-refractivity contribution >= 4 is 23.1 Å². The zero-order chi connectivity index (χ0) is 18.3. The average Bonchev–Trinajstić information content (AvgIpc) is 2.56. The molecule has 7 heteroatoms. The van der Waals surface area contributed by atoms with E-state index in [2.05, 4.69) is 5.32 Å². The van der Waals surface area contributed by atoms with Crippen LogP contribution in [-0.2, 0) is 4.79 Å². The third kappa shape index (κ3) is 6.15. The summed E-state index contributed by atoms with van der Waals surface area (Å²) in [6, 6.07) is 13.8. The van der Waals surface area contributed by atoms with E-state index in [-0.39, 0.29) is 18.7 Å². The van der Waals surface area contributed by atoms with E-state index >= 15 is 0 Å². The Morgan fingerprint density at radius 2 is 1.84 bits per heavy atom. The Hall–Kier alpha value is -2.47. The van der Waals surface area contributed by atoms with Gasteiger partial charge < -0.3 is 10.1 Å². The smallest absolute Gasteiger partial charge is 0.417 e. The Morgan fingerprint density at radius 1 is 1.12 bits per heavy atom. The summed E-state index contributed by atoms with van der Waals surface area (Å²) in [6.07, 6.45) is -4.08. The Bertz CT molecular complexity index is 745. The van der Waals surface area contributed by atoms with Gasteiger partial charge in [-0.05, 0) is 23.8 Å². The van der Waals surface area contributed by atoms with Crippen LogP contribution in [0.4, 0.5) is 13.2 Å². The summed E-state index contributed by atoms with van der Waals surface area (Å²) in [5.74, 6) is -0.330. The summed E-state index contributed by atoms with van der Waals surface area (Å²) in [5.41, 5.74) is -1.07. The minimum atomic E-state index is -4.63. The van der Waals surface area contributed by atoms with Crippen LogP contribution in [-0.4, -0.2) is 25.2 Å². The van der Waals surface area contributed by atoms with Gasteiger partial charge in [0.2, 0.25) is 5.91 Å². The molecule has 0 atom stereocenters. The van der Waals surface area contributed by atoms with Crippen LogP contribution in [0, 0.1) is 0 Å². The number of amides is 1. The maximum Gasteiger partial charge on any atom is 0.417 e. The number of allylic oxidation sites excluding steroid dienone is 1. The molecule has 0 saturated carbocycles. The molecule has 2 rings (SSSR count). The lowest BCUT2D eigenvalue weighted by molar-refractivity contribution is -0.117. The fraction of sp³-hybridized carbons (Fsp3) is 0.167. The van der Waals surface area contributed by atoms with Gasteiger partial charge in [-0.3, -0.25) is 4.79 Å². The van der Waals surface area contributed by atoms with Gasteiger partial charge in [-0.1, -0.05) is 48.0 Å². The van der Waals surface area contributed by atoms with Crippen LogP contribution in [0.1, 0.15) is 5.56 Å². The second-order valence-electron chi connectivity index (χ2n) is 5.02. The van der Waals surface area contributed by atoms with Gasteiger partial charge >= 0.3 is 6.18 Å². The number of alkyl halides is 3. The lowest BCUT2D eigenvalue weighted by Gasteiger charge is -2.12. The number of halogens is 4. The van der Waals surface area contributed by atoms with Gasteiger partial charge in [0.1, 0.15) is 12.4 Å². The second-order valence-corrected chi connectivity index (χ2v) is 5.46. The molecule has 0 aliphatic heterocycles. The first-order valence-corrected chi connectivity index (χ1v) is 7.74. The van der Waals surface area contributed by atoms with Crippen LogP contribution >= 0.6 is 11.6 Å². The molecule has 0 fully saturated rings. The number of ether oxygens (including phenoxy) is 1. The topological polar surface area (TPSA) is 38.3 Å². The van der Waals surface area contributed by atoms with E-state index in [1.54, 1.807) is 30.3 Å². The van der Waals surface area contributed by atoms with E-state index in [0.29, 0.717) is 16.8 Å². The number of hydrogen-bond donors (Lipinski definition) is 1. The van der Waals surface area contributed by atoms with Gasteiger partial charge in [0.15, 0.2) is 0 Å². The quantitative estimate of drug-likeness (QED) is 0.602. The molecule has 1 amide bonds. The zero-order valence-corrected chi connectivity index (χ0v) is 13.8. The van der Waals surface area contributed by atoms with E-state index in [4.69, 9.17) is 16.3 Å². The Kier molecular flexibility index (Phi) is 6.47. The molecule has 25 heavy (non-hydrogen) atoms. The van der Waals surface area contributed by atoms with Crippen LogP contribution in [0.25, 0.3) is 5.57 Å². The molecular weight excluding hydrogens is 355 g/mol. The number of nitrogens with one attached hydrogen (secondary N) is 1. The second kappa shape index (κ2) is 8.58. The van der Waals surface area contributed by atoms with Crippen molar-refractivity contribution in [2.45, 2.75) is 6.18 Å². The molecule has 2 aromatic carbocycles. The first kappa shape index (κ1) is 18.9. The fourth-order valence-electron chi connectivity index (χ4n) is 2.03. The van der Waals surface area contributed by atoms with Crippen molar-refractivity contribution in [2.24, 2.45) is 0 Å². The van der Waals surface area contributed by atoms with Gasteiger partial charge in [-0.15, -0.1) is 0 Å². The SMILES string of the molecule is O=C(/C=C(\c1ccccc1)C(F)(F)F)NCCOc1cccc(Cl)c1. The average molecular weight is 370 g/mol. The molecule has 0 radical (unpaired) electrons. The summed E-state index contributed by atoms with van der Waals surface area (Å²) in [7, 11) is 0. The van der Waals surface area contributed by atoms with Crippen molar-refractivity contribution < 1.29 is 22.7 Å². The summed E-state index contributed by atoms with van der Waals surface area (Å²) in [5, 5.41) is 2.87. The largest absolute Gasteiger partial charge is 0.492 e. The van der Waals surface area contributed by atoms with Crippen molar-refractivity contribution in [2.75, 3.05) is 13.2 Å². The van der Waals surface area contributed by atoms with Crippen LogP contribution in [0.2, 0.25) is 5.02 Å². The maximum absolute atomic E-state index is 13.1. The summed E-state index contributed by atoms with van der Waals surface area (Å²) >= 11 is 5.80. The van der Waals surface area contributed by atoms with E-state index in [1.807, 2.05) is 0 Å². The summed E-state index contributed by atoms with van der Waals surface area (Å²) < 4.78 is 44.7. The summed E-state index contributed by atoms with van der Waals surface area (Å²) in [6.45, 7) is 0.161. The molecule has 0 spiro atoms. The van der Waals surface area contributed by atoms with Crippen molar-refractivity contribution in [3.8, 4) is 5.75 Å². The molecule has 132 valence electrons. The van der Waals surface area contributed by atoms with Crippen molar-refractivity contribution in [1.29, 1.82) is 0 Å².